The van der Waals surface area contributed by atoms with Gasteiger partial charge in [-0.1, -0.05) is 30.3 Å². The van der Waals surface area contributed by atoms with Crippen LogP contribution in [0.1, 0.15) is 28.5 Å². The molecule has 0 radical (unpaired) electrons. The third kappa shape index (κ3) is 5.21. The number of aromatic nitrogens is 2. The Bertz CT molecular complexity index is 1480. The van der Waals surface area contributed by atoms with Crippen molar-refractivity contribution >= 4 is 28.5 Å². The topological polar surface area (TPSA) is 93.1 Å². The zero-order valence-electron chi connectivity index (χ0n) is 18.4. The van der Waals surface area contributed by atoms with E-state index in [1.807, 2.05) is 0 Å². The van der Waals surface area contributed by atoms with E-state index >= 15 is 0 Å². The van der Waals surface area contributed by atoms with Gasteiger partial charge in [0.15, 0.2) is 5.69 Å². The lowest BCUT2D eigenvalue weighted by Crippen LogP contribution is -2.34. The predicted octanol–water partition coefficient (Wildman–Crippen LogP) is 4.29. The number of nitrogens with zero attached hydrogens (tertiary/aromatic N) is 2. The monoisotopic (exact) mass is 480 g/mol. The minimum Gasteiger partial charge on any atom is -0.346 e. The quantitative estimate of drug-likeness (QED) is 0.446. The van der Waals surface area contributed by atoms with Crippen molar-refractivity contribution in [3.8, 4) is 5.69 Å². The summed E-state index contributed by atoms with van der Waals surface area (Å²) in [6.45, 7) is 1.45. The fourth-order valence-corrected chi connectivity index (χ4v) is 3.53. The first-order valence-electron chi connectivity index (χ1n) is 10.5. The Hall–Kier alpha value is -4.47. The summed E-state index contributed by atoms with van der Waals surface area (Å²) in [4.78, 5) is 41.4. The fourth-order valence-electron chi connectivity index (χ4n) is 3.53. The van der Waals surface area contributed by atoms with Crippen LogP contribution in [-0.4, -0.2) is 21.4 Å². The molecular formula is C25H19F3N4O3. The van der Waals surface area contributed by atoms with Crippen LogP contribution in [0.5, 0.6) is 0 Å². The number of anilines is 1. The summed E-state index contributed by atoms with van der Waals surface area (Å²) >= 11 is 0. The van der Waals surface area contributed by atoms with Crippen LogP contribution in [0.4, 0.5) is 18.9 Å². The van der Waals surface area contributed by atoms with Gasteiger partial charge in [0.25, 0.3) is 11.5 Å². The molecule has 35 heavy (non-hydrogen) atoms. The zero-order valence-corrected chi connectivity index (χ0v) is 18.4. The first kappa shape index (κ1) is 23.7. The molecule has 0 unspecified atom stereocenters. The van der Waals surface area contributed by atoms with E-state index < -0.39 is 28.9 Å². The van der Waals surface area contributed by atoms with Gasteiger partial charge in [0, 0.05) is 24.8 Å². The number of carbonyl (C=O) groups excluding carboxylic acids is 2. The van der Waals surface area contributed by atoms with Crippen LogP contribution in [0.2, 0.25) is 0 Å². The third-order valence-electron chi connectivity index (χ3n) is 5.13. The predicted molar refractivity (Wildman–Crippen MR) is 124 cm³/mol. The average molecular weight is 480 g/mol. The molecule has 0 aliphatic rings. The SMILES string of the molecule is CC(=O)Nc1ccc(CNC(=O)c2nc3ccccc3n(-c3cccc(C(F)(F)F)c3)c2=O)cc1. The second-order valence-corrected chi connectivity index (χ2v) is 7.70. The van der Waals surface area contributed by atoms with Gasteiger partial charge in [0.1, 0.15) is 0 Å². The molecule has 0 aliphatic carbocycles. The van der Waals surface area contributed by atoms with Gasteiger partial charge in [-0.2, -0.15) is 13.2 Å². The van der Waals surface area contributed by atoms with Crippen LogP contribution in [0.3, 0.4) is 0 Å². The smallest absolute Gasteiger partial charge is 0.346 e. The van der Waals surface area contributed by atoms with E-state index in [1.165, 1.54) is 19.1 Å². The van der Waals surface area contributed by atoms with Crippen LogP contribution >= 0.6 is 0 Å². The molecule has 0 aliphatic heterocycles. The van der Waals surface area contributed by atoms with Crippen molar-refractivity contribution < 1.29 is 22.8 Å². The lowest BCUT2D eigenvalue weighted by atomic mass is 10.1. The molecule has 1 heterocycles. The number of fused-ring (bicyclic) bond motifs is 1. The van der Waals surface area contributed by atoms with Crippen LogP contribution in [0.25, 0.3) is 16.7 Å². The molecule has 10 heteroatoms. The van der Waals surface area contributed by atoms with Crippen LogP contribution < -0.4 is 16.2 Å². The summed E-state index contributed by atoms with van der Waals surface area (Å²) in [5.74, 6) is -0.988. The maximum absolute atomic E-state index is 13.3. The molecule has 4 rings (SSSR count). The number of rotatable bonds is 5. The number of halogens is 3. The number of nitrogens with one attached hydrogen (secondary N) is 2. The lowest BCUT2D eigenvalue weighted by molar-refractivity contribution is -0.137. The highest BCUT2D eigenvalue weighted by molar-refractivity contribution is 5.94. The van der Waals surface area contributed by atoms with Crippen molar-refractivity contribution in [2.24, 2.45) is 0 Å². The molecule has 0 saturated heterocycles. The van der Waals surface area contributed by atoms with E-state index in [0.29, 0.717) is 11.3 Å². The normalized spacial score (nSPS) is 11.3. The zero-order chi connectivity index (χ0) is 25.2. The molecule has 4 aromatic rings. The first-order chi connectivity index (χ1) is 16.6. The van der Waals surface area contributed by atoms with Crippen LogP contribution in [0.15, 0.2) is 77.6 Å². The average Bonchev–Trinajstić information content (AvgIpc) is 2.82. The maximum atomic E-state index is 13.3. The Labute approximate surface area is 197 Å². The summed E-state index contributed by atoms with van der Waals surface area (Å²) in [7, 11) is 0. The van der Waals surface area contributed by atoms with E-state index in [2.05, 4.69) is 15.6 Å². The summed E-state index contributed by atoms with van der Waals surface area (Å²) in [6, 6.07) is 17.4. The van der Waals surface area contributed by atoms with Crippen molar-refractivity contribution in [1.82, 2.24) is 14.9 Å². The number of hydrogen-bond acceptors (Lipinski definition) is 4. The molecule has 0 atom stereocenters. The molecule has 0 spiro atoms. The number of alkyl halides is 3. The molecule has 2 N–H and O–H groups in total. The second kappa shape index (κ2) is 9.41. The van der Waals surface area contributed by atoms with Gasteiger partial charge in [0.2, 0.25) is 5.91 Å². The summed E-state index contributed by atoms with van der Waals surface area (Å²) in [5, 5.41) is 5.24. The molecule has 0 bridgehead atoms. The van der Waals surface area contributed by atoms with Gasteiger partial charge >= 0.3 is 6.18 Å². The fraction of sp³-hybridized carbons (Fsp3) is 0.120. The van der Waals surface area contributed by atoms with Crippen molar-refractivity contribution in [1.29, 1.82) is 0 Å². The molecule has 3 aromatic carbocycles. The Morgan fingerprint density at radius 1 is 0.971 bits per heavy atom. The van der Waals surface area contributed by atoms with E-state index in [1.54, 1.807) is 48.5 Å². The highest BCUT2D eigenvalue weighted by atomic mass is 19.4. The van der Waals surface area contributed by atoms with Crippen molar-refractivity contribution in [3.05, 3.63) is 100.0 Å². The molecule has 7 nitrogen and oxygen atoms in total. The van der Waals surface area contributed by atoms with E-state index in [0.717, 1.165) is 16.7 Å². The number of amides is 2. The minimum atomic E-state index is -4.60. The van der Waals surface area contributed by atoms with Gasteiger partial charge in [-0.05, 0) is 48.0 Å². The Kier molecular flexibility index (Phi) is 6.37. The van der Waals surface area contributed by atoms with Crippen LogP contribution in [0, 0.1) is 0 Å². The van der Waals surface area contributed by atoms with E-state index in [4.69, 9.17) is 0 Å². The van der Waals surface area contributed by atoms with Gasteiger partial charge in [-0.3, -0.25) is 19.0 Å². The summed E-state index contributed by atoms with van der Waals surface area (Å²) < 4.78 is 40.9. The Balaban J connectivity index is 1.69. The highest BCUT2D eigenvalue weighted by Gasteiger charge is 2.31. The van der Waals surface area contributed by atoms with Gasteiger partial charge < -0.3 is 10.6 Å². The molecule has 178 valence electrons. The molecule has 1 aromatic heterocycles. The molecular weight excluding hydrogens is 461 g/mol. The summed E-state index contributed by atoms with van der Waals surface area (Å²) in [5.41, 5.74) is -0.421. The van der Waals surface area contributed by atoms with Crippen molar-refractivity contribution in [3.63, 3.8) is 0 Å². The van der Waals surface area contributed by atoms with Gasteiger partial charge in [0.05, 0.1) is 16.6 Å². The van der Waals surface area contributed by atoms with E-state index in [-0.39, 0.29) is 29.2 Å². The first-order valence-corrected chi connectivity index (χ1v) is 10.5. The van der Waals surface area contributed by atoms with Crippen molar-refractivity contribution in [2.45, 2.75) is 19.6 Å². The molecule has 0 saturated carbocycles. The standard InChI is InChI=1S/C25H19F3N4O3/c1-15(33)30-18-11-9-16(10-12-18)14-29-23(34)22-24(35)32(21-8-3-2-7-20(21)31-22)19-6-4-5-17(13-19)25(26,27)28/h2-13H,14H2,1H3,(H,29,34)(H,30,33). The van der Waals surface area contributed by atoms with Crippen LogP contribution in [-0.2, 0) is 17.5 Å². The van der Waals surface area contributed by atoms with E-state index in [9.17, 15) is 27.6 Å². The molecule has 0 fully saturated rings. The Morgan fingerprint density at radius 3 is 2.37 bits per heavy atom. The number of carbonyl (C=O) groups is 2. The summed E-state index contributed by atoms with van der Waals surface area (Å²) in [6.07, 6.45) is -4.60. The van der Waals surface area contributed by atoms with Crippen molar-refractivity contribution in [2.75, 3.05) is 5.32 Å². The Morgan fingerprint density at radius 2 is 1.69 bits per heavy atom. The number of benzene rings is 3. The number of para-hydroxylation sites is 2. The lowest BCUT2D eigenvalue weighted by Gasteiger charge is -2.14. The second-order valence-electron chi connectivity index (χ2n) is 7.70. The molecule has 2 amide bonds. The largest absolute Gasteiger partial charge is 0.416 e. The highest BCUT2D eigenvalue weighted by Crippen LogP contribution is 2.30. The maximum Gasteiger partial charge on any atom is 0.416 e. The van der Waals surface area contributed by atoms with Gasteiger partial charge in [-0.25, -0.2) is 4.98 Å². The minimum absolute atomic E-state index is 0.0361. The third-order valence-corrected chi connectivity index (χ3v) is 5.13. The van der Waals surface area contributed by atoms with Gasteiger partial charge in [-0.15, -0.1) is 0 Å². The number of hydrogen-bond donors (Lipinski definition) is 2.